The fourth-order valence-electron chi connectivity index (χ4n) is 8.35. The van der Waals surface area contributed by atoms with Gasteiger partial charge >= 0.3 is 51.4 Å². The quantitative estimate of drug-likeness (QED) is 0.0475. The molecule has 0 aromatic rings. The summed E-state index contributed by atoms with van der Waals surface area (Å²) in [7, 11) is 1.11. The average Bonchev–Trinajstić information content (AvgIpc) is 3.32. The van der Waals surface area contributed by atoms with E-state index in [2.05, 4.69) is 4.74 Å². The molecule has 30 atom stereocenters. The van der Waals surface area contributed by atoms with E-state index in [1.54, 1.807) is 0 Å². The van der Waals surface area contributed by atoms with E-state index >= 15 is 0 Å². The van der Waals surface area contributed by atoms with Gasteiger partial charge in [0.15, 0.2) is 44.0 Å². The molecule has 31 nitrogen and oxygen atoms in total. The molecule has 6 aliphatic rings. The van der Waals surface area contributed by atoms with Crippen molar-refractivity contribution in [1.82, 2.24) is 0 Å². The van der Waals surface area contributed by atoms with Crippen molar-refractivity contribution in [3.05, 3.63) is 0 Å². The molecule has 6 aliphatic heterocycles. The first-order valence-corrected chi connectivity index (χ1v) is 21.3. The van der Waals surface area contributed by atoms with Gasteiger partial charge in [0.25, 0.3) is 0 Å². The summed E-state index contributed by atoms with van der Waals surface area (Å²) < 4.78 is 70.6. The Hall–Kier alpha value is -0.0536. The van der Waals surface area contributed by atoms with Gasteiger partial charge in [-0.25, -0.2) is 0 Å². The van der Waals surface area contributed by atoms with Crippen molar-refractivity contribution in [2.75, 3.05) is 33.5 Å². The van der Waals surface area contributed by atoms with Gasteiger partial charge in [0.05, 0.1) is 32.5 Å². The summed E-state index contributed by atoms with van der Waals surface area (Å²) in [5.41, 5.74) is 0. The Morgan fingerprint density at radius 1 is 0.391 bits per heavy atom. The van der Waals surface area contributed by atoms with E-state index in [0.29, 0.717) is 0 Å². The Balaban J connectivity index is 0.00000888. The van der Waals surface area contributed by atoms with Crippen LogP contribution in [-0.2, 0) is 66.4 Å². The summed E-state index contributed by atoms with van der Waals surface area (Å²) in [5, 5.41) is 179. The smallest absolute Gasteiger partial charge is 0.630 e. The molecule has 32 heteroatoms. The van der Waals surface area contributed by atoms with E-state index in [9.17, 15) is 91.6 Å². The van der Waals surface area contributed by atoms with Crippen LogP contribution in [0.1, 0.15) is 6.92 Å². The maximum Gasteiger partial charge on any atom is 1.00 e. The van der Waals surface area contributed by atoms with Crippen LogP contribution in [-0.4, -0.2) is 311 Å². The molecule has 396 valence electrons. The van der Waals surface area contributed by atoms with Crippen LogP contribution in [0.25, 0.3) is 0 Å². The number of methoxy groups -OCH3 is 1. The van der Waals surface area contributed by atoms with E-state index in [1.165, 1.54) is 6.92 Å². The Labute approximate surface area is 433 Å². The van der Waals surface area contributed by atoms with Crippen molar-refractivity contribution in [2.45, 2.75) is 191 Å². The van der Waals surface area contributed by atoms with E-state index in [0.717, 1.165) is 13.6 Å². The number of rotatable bonds is 17. The van der Waals surface area contributed by atoms with Gasteiger partial charge in [-0.3, -0.25) is 0 Å². The fraction of sp³-hybridized carbons (Fsp3) is 0.973. The Morgan fingerprint density at radius 3 is 1.33 bits per heavy atom. The molecule has 6 heterocycles. The molecular formula is C37H61KO31. The first-order valence-electron chi connectivity index (χ1n) is 21.3. The summed E-state index contributed by atoms with van der Waals surface area (Å²) in [6.45, 7) is -0.810. The third kappa shape index (κ3) is 13.0. The average molecular weight is 1040 g/mol. The molecule has 6 saturated heterocycles. The standard InChI is InChI=1S/C37H61O31.K/c1-8-28(65-36-26(54)20(48)29(10(4-39)62-36)66-37-24(52)18(46)23(51)34(68-37)59-7-40)19(47)25(53)35(60-8)67-30-15(43)12(63-31(56-2)27(30)55)6-58-33-22(50)17(45)14(42)11(64-33)5-57-32-21(49)16(44)13(41)9(3-38)61-32;/h8-39,41-55H,3-6H2,1-2H3;/q-1;+1/t8?,9?,10?,11?,12?,13-,14-,15-,16+,17?,18?,19-,20-,21?,22+,23+,24?,25?,26?,27?,28+,29-,30+,31-,32-,33+,34-,35+,36+,37-;/m1./s1. The zero-order valence-electron chi connectivity index (χ0n) is 37.0. The number of aliphatic hydroxyl groups excluding tert-OH is 17. The second-order valence-corrected chi connectivity index (χ2v) is 16.9. The van der Waals surface area contributed by atoms with Gasteiger partial charge in [-0.1, -0.05) is 6.47 Å². The predicted octanol–water partition coefficient (Wildman–Crippen LogP) is -15.4. The van der Waals surface area contributed by atoms with Gasteiger partial charge < -0.3 is 153 Å². The minimum atomic E-state index is -2.07. The molecule has 69 heavy (non-hydrogen) atoms. The third-order valence-electron chi connectivity index (χ3n) is 12.4. The molecule has 0 aromatic heterocycles. The topological polar surface area (TPSA) is 481 Å². The molecule has 0 spiro atoms. The largest absolute Gasteiger partial charge is 1.00 e. The molecule has 17 N–H and O–H groups in total. The third-order valence-corrected chi connectivity index (χ3v) is 12.4. The van der Waals surface area contributed by atoms with Gasteiger partial charge in [0.2, 0.25) is 0 Å². The molecule has 0 bridgehead atoms. The second-order valence-electron chi connectivity index (χ2n) is 16.9. The van der Waals surface area contributed by atoms with Crippen LogP contribution in [0.2, 0.25) is 0 Å². The van der Waals surface area contributed by atoms with Gasteiger partial charge in [-0.2, -0.15) is 0 Å². The predicted molar refractivity (Wildman–Crippen MR) is 202 cm³/mol. The molecule has 0 aromatic carbocycles. The number of hydrogen-bond acceptors (Lipinski definition) is 31. The molecular weight excluding hydrogens is 979 g/mol. The summed E-state index contributed by atoms with van der Waals surface area (Å²) in [5.74, 6) is 0. The minimum Gasteiger partial charge on any atom is -0.630 e. The van der Waals surface area contributed by atoms with Crippen LogP contribution < -0.4 is 51.4 Å². The van der Waals surface area contributed by atoms with Crippen LogP contribution in [0.4, 0.5) is 0 Å². The van der Waals surface area contributed by atoms with Crippen LogP contribution in [0.5, 0.6) is 0 Å². The van der Waals surface area contributed by atoms with Gasteiger partial charge in [-0.15, -0.1) is 0 Å². The number of ether oxygens (including phenoxy) is 13. The molecule has 6 rings (SSSR count). The van der Waals surface area contributed by atoms with Crippen molar-refractivity contribution in [3.8, 4) is 0 Å². The van der Waals surface area contributed by atoms with Crippen LogP contribution in [0.3, 0.4) is 0 Å². The summed E-state index contributed by atoms with van der Waals surface area (Å²) >= 11 is 0. The zero-order chi connectivity index (χ0) is 50.0. The molecule has 6 fully saturated rings. The number of aliphatic hydroxyl groups is 17. The zero-order valence-corrected chi connectivity index (χ0v) is 40.1. The van der Waals surface area contributed by atoms with E-state index in [4.69, 9.17) is 56.8 Å². The molecule has 0 saturated carbocycles. The van der Waals surface area contributed by atoms with Gasteiger partial charge in [0.1, 0.15) is 134 Å². The van der Waals surface area contributed by atoms with Crippen LogP contribution >= 0.6 is 0 Å². The van der Waals surface area contributed by atoms with Crippen LogP contribution in [0, 0.1) is 0 Å². The van der Waals surface area contributed by atoms with Crippen molar-refractivity contribution < 1.29 is 205 Å². The molecule has 0 radical (unpaired) electrons. The SMILES string of the molecule is CO[C@@H]1OC(CO[C@H]2OC(CO[C@@H]3OC(CO)[C@@H](O)[C@H](O)C3O)[C@@H](O)C(O)[C@@H]2O)[C@@H](O)[C@H](O[C@@H]2OC(C)[C@H](O[C@@H]3OC(CO)[C@@H](O[C@@H]4O[C@@H](O[C-]=O)[C@@H](O)C(O)C4O)[C@H](O)C3O)[C@H](O)C2O)C1O.[K+]. The maximum absolute atomic E-state index is 11.4. The first-order chi connectivity index (χ1) is 32.2. The van der Waals surface area contributed by atoms with Gasteiger partial charge in [-0.05, 0) is 6.92 Å². The Bertz CT molecular complexity index is 1560. The number of carbonyl (C=O) groups excluding carboxylic acids is 1. The maximum atomic E-state index is 11.4. The number of hydrogen-bond donors (Lipinski definition) is 17. The van der Waals surface area contributed by atoms with Crippen molar-refractivity contribution in [1.29, 1.82) is 0 Å². The normalized spacial score (nSPS) is 51.9. The minimum absolute atomic E-state index is 0. The fourth-order valence-corrected chi connectivity index (χ4v) is 8.35. The van der Waals surface area contributed by atoms with Crippen molar-refractivity contribution >= 4 is 6.47 Å². The second kappa shape index (κ2) is 26.1. The van der Waals surface area contributed by atoms with E-state index in [1.807, 2.05) is 0 Å². The van der Waals surface area contributed by atoms with Crippen molar-refractivity contribution in [2.24, 2.45) is 0 Å². The molecule has 0 amide bonds. The van der Waals surface area contributed by atoms with Gasteiger partial charge in [0, 0.05) is 7.11 Å². The summed E-state index contributed by atoms with van der Waals surface area (Å²) in [6, 6.07) is 0. The first kappa shape index (κ1) is 59.8. The van der Waals surface area contributed by atoms with E-state index < -0.39 is 211 Å². The Morgan fingerprint density at radius 2 is 0.783 bits per heavy atom. The summed E-state index contributed by atoms with van der Waals surface area (Å²) in [4.78, 5) is 10.7. The molecule has 0 aliphatic carbocycles. The van der Waals surface area contributed by atoms with Crippen LogP contribution in [0.15, 0.2) is 0 Å². The Kier molecular flexibility index (Phi) is 22.7. The van der Waals surface area contributed by atoms with E-state index in [-0.39, 0.29) is 51.4 Å². The van der Waals surface area contributed by atoms with Crippen molar-refractivity contribution in [3.63, 3.8) is 0 Å². The summed E-state index contributed by atoms with van der Waals surface area (Å²) in [6.07, 6.45) is -53.8. The monoisotopic (exact) mass is 1040 g/mol. The molecule has 12 unspecified atom stereocenters.